The summed E-state index contributed by atoms with van der Waals surface area (Å²) in [5.41, 5.74) is 4.68. The van der Waals surface area contributed by atoms with Gasteiger partial charge in [-0.25, -0.2) is 0 Å². The predicted molar refractivity (Wildman–Crippen MR) is 163 cm³/mol. The first-order chi connectivity index (χ1) is 19.5. The van der Waals surface area contributed by atoms with Crippen LogP contribution in [0.15, 0.2) is 109 Å². The molecule has 0 saturated heterocycles. The molecule has 0 spiro atoms. The maximum absolute atomic E-state index is 13.5. The molecule has 2 amide bonds. The Balaban J connectivity index is 1.41. The number of benzene rings is 4. The molecule has 0 fully saturated rings. The molecule has 0 saturated carbocycles. The van der Waals surface area contributed by atoms with Gasteiger partial charge in [-0.2, -0.15) is 0 Å². The van der Waals surface area contributed by atoms with E-state index in [1.165, 1.54) is 5.56 Å². The van der Waals surface area contributed by atoms with Crippen LogP contribution in [0.3, 0.4) is 0 Å². The minimum Gasteiger partial charge on any atom is -0.354 e. The summed E-state index contributed by atoms with van der Waals surface area (Å²) in [5.74, 6) is -0.418. The molecular formula is C34H36ClN3O2. The highest BCUT2D eigenvalue weighted by Crippen LogP contribution is 2.23. The first-order valence-corrected chi connectivity index (χ1v) is 14.1. The van der Waals surface area contributed by atoms with E-state index in [0.29, 0.717) is 18.5 Å². The van der Waals surface area contributed by atoms with Crippen molar-refractivity contribution in [2.45, 2.75) is 31.8 Å². The van der Waals surface area contributed by atoms with Crippen molar-refractivity contribution in [2.24, 2.45) is 0 Å². The van der Waals surface area contributed by atoms with Crippen LogP contribution in [0.5, 0.6) is 0 Å². The second-order valence-corrected chi connectivity index (χ2v) is 10.4. The molecule has 0 heterocycles. The molecule has 0 aliphatic rings. The van der Waals surface area contributed by atoms with Gasteiger partial charge in [-0.3, -0.25) is 9.59 Å². The van der Waals surface area contributed by atoms with Crippen LogP contribution in [0.1, 0.15) is 34.3 Å². The normalized spacial score (nSPS) is 11.7. The smallest absolute Gasteiger partial charge is 0.252 e. The minimum atomic E-state index is -0.643. The fourth-order valence-corrected chi connectivity index (χ4v) is 4.83. The van der Waals surface area contributed by atoms with Gasteiger partial charge in [0.15, 0.2) is 0 Å². The number of hydrogen-bond acceptors (Lipinski definition) is 3. The van der Waals surface area contributed by atoms with Crippen molar-refractivity contribution in [3.8, 4) is 11.1 Å². The van der Waals surface area contributed by atoms with Crippen LogP contribution in [0.2, 0.25) is 5.02 Å². The summed E-state index contributed by atoms with van der Waals surface area (Å²) in [6, 6.07) is 34.6. The third-order valence-corrected chi connectivity index (χ3v) is 7.08. The number of halogens is 1. The first-order valence-electron chi connectivity index (χ1n) is 13.7. The minimum absolute atomic E-state index is 0.165. The second kappa shape index (κ2) is 15.0. The highest BCUT2D eigenvalue weighted by molar-refractivity contribution is 6.30. The van der Waals surface area contributed by atoms with Crippen molar-refractivity contribution in [3.63, 3.8) is 0 Å². The summed E-state index contributed by atoms with van der Waals surface area (Å²) in [7, 11) is 2.05. The van der Waals surface area contributed by atoms with E-state index < -0.39 is 6.04 Å². The Morgan fingerprint density at radius 2 is 1.45 bits per heavy atom. The van der Waals surface area contributed by atoms with Crippen molar-refractivity contribution in [2.75, 3.05) is 20.1 Å². The van der Waals surface area contributed by atoms with Gasteiger partial charge in [0.2, 0.25) is 5.91 Å². The van der Waals surface area contributed by atoms with Crippen molar-refractivity contribution >= 4 is 23.4 Å². The van der Waals surface area contributed by atoms with Gasteiger partial charge < -0.3 is 15.5 Å². The Morgan fingerprint density at radius 1 is 0.800 bits per heavy atom. The predicted octanol–water partition coefficient (Wildman–Crippen LogP) is 6.38. The standard InChI is InChI=1S/C34H36ClN3O2/c1-38(25-27-18-20-29(35)21-19-27)24-10-17-32(34(40)36-23-22-26-11-4-2-5-12-26)37-33(39)31-16-9-8-15-30(31)28-13-6-3-7-14-28/h2-9,11-16,18-21,32H,10,17,22-25H2,1H3,(H,36,40)(H,37,39)/t32-/m0/s1. The quantitative estimate of drug-likeness (QED) is 0.202. The Morgan fingerprint density at radius 3 is 2.17 bits per heavy atom. The number of nitrogens with one attached hydrogen (secondary N) is 2. The van der Waals surface area contributed by atoms with Gasteiger partial charge in [0.05, 0.1) is 0 Å². The third kappa shape index (κ3) is 8.80. The van der Waals surface area contributed by atoms with E-state index >= 15 is 0 Å². The van der Waals surface area contributed by atoms with E-state index in [1.54, 1.807) is 0 Å². The molecular weight excluding hydrogens is 518 g/mol. The summed E-state index contributed by atoms with van der Waals surface area (Å²) in [6.45, 7) is 2.07. The summed E-state index contributed by atoms with van der Waals surface area (Å²) in [5, 5.41) is 6.79. The van der Waals surface area contributed by atoms with Gasteiger partial charge in [0, 0.05) is 23.7 Å². The average molecular weight is 554 g/mol. The molecule has 0 aliphatic carbocycles. The zero-order valence-electron chi connectivity index (χ0n) is 22.9. The fourth-order valence-electron chi connectivity index (χ4n) is 4.70. The van der Waals surface area contributed by atoms with Gasteiger partial charge in [-0.05, 0) is 73.3 Å². The molecule has 4 aromatic carbocycles. The number of amides is 2. The molecule has 0 aromatic heterocycles. The van der Waals surface area contributed by atoms with Crippen molar-refractivity contribution < 1.29 is 9.59 Å². The zero-order chi connectivity index (χ0) is 28.2. The van der Waals surface area contributed by atoms with Crippen LogP contribution in [0, 0.1) is 0 Å². The molecule has 6 heteroatoms. The van der Waals surface area contributed by atoms with Crippen LogP contribution in [0.25, 0.3) is 11.1 Å². The Kier molecular flexibility index (Phi) is 10.9. The second-order valence-electron chi connectivity index (χ2n) is 9.97. The highest BCUT2D eigenvalue weighted by atomic mass is 35.5. The lowest BCUT2D eigenvalue weighted by atomic mass is 9.98. The molecule has 4 aromatic rings. The van der Waals surface area contributed by atoms with Crippen molar-refractivity contribution in [1.82, 2.24) is 15.5 Å². The van der Waals surface area contributed by atoms with Crippen LogP contribution < -0.4 is 10.6 Å². The van der Waals surface area contributed by atoms with Gasteiger partial charge in [0.25, 0.3) is 5.91 Å². The molecule has 5 nitrogen and oxygen atoms in total. The number of carbonyl (C=O) groups is 2. The highest BCUT2D eigenvalue weighted by Gasteiger charge is 2.23. The third-order valence-electron chi connectivity index (χ3n) is 6.83. The number of nitrogens with zero attached hydrogens (tertiary/aromatic N) is 1. The lowest BCUT2D eigenvalue weighted by Crippen LogP contribution is -2.47. The molecule has 2 N–H and O–H groups in total. The van der Waals surface area contributed by atoms with Crippen molar-refractivity contribution in [1.29, 1.82) is 0 Å². The molecule has 40 heavy (non-hydrogen) atoms. The van der Waals surface area contributed by atoms with E-state index in [1.807, 2.05) is 109 Å². The SMILES string of the molecule is CN(CCC[C@H](NC(=O)c1ccccc1-c1ccccc1)C(=O)NCCc1ccccc1)Cc1ccc(Cl)cc1. The maximum Gasteiger partial charge on any atom is 0.252 e. The molecule has 4 rings (SSSR count). The van der Waals surface area contributed by atoms with Gasteiger partial charge in [-0.15, -0.1) is 0 Å². The molecule has 0 aliphatic heterocycles. The molecule has 1 atom stereocenters. The van der Waals surface area contributed by atoms with Crippen LogP contribution in [-0.2, 0) is 17.8 Å². The Hall–Kier alpha value is -3.93. The molecule has 0 bridgehead atoms. The largest absolute Gasteiger partial charge is 0.354 e. The van der Waals surface area contributed by atoms with E-state index in [0.717, 1.165) is 47.6 Å². The molecule has 0 unspecified atom stereocenters. The lowest BCUT2D eigenvalue weighted by Gasteiger charge is -2.22. The van der Waals surface area contributed by atoms with Gasteiger partial charge in [0.1, 0.15) is 6.04 Å². The van der Waals surface area contributed by atoms with Crippen LogP contribution in [-0.4, -0.2) is 42.9 Å². The van der Waals surface area contributed by atoms with E-state index in [4.69, 9.17) is 11.6 Å². The Bertz CT molecular complexity index is 1360. The van der Waals surface area contributed by atoms with Crippen molar-refractivity contribution in [3.05, 3.63) is 131 Å². The number of carbonyl (C=O) groups excluding carboxylic acids is 2. The fraction of sp³-hybridized carbons (Fsp3) is 0.235. The molecule has 0 radical (unpaired) electrons. The number of hydrogen-bond donors (Lipinski definition) is 2. The first kappa shape index (κ1) is 29.1. The monoisotopic (exact) mass is 553 g/mol. The van der Waals surface area contributed by atoms with Gasteiger partial charge >= 0.3 is 0 Å². The maximum atomic E-state index is 13.5. The van der Waals surface area contributed by atoms with E-state index in [-0.39, 0.29) is 11.8 Å². The van der Waals surface area contributed by atoms with E-state index in [2.05, 4.69) is 22.6 Å². The molecule has 206 valence electrons. The van der Waals surface area contributed by atoms with Crippen LogP contribution in [0.4, 0.5) is 0 Å². The summed E-state index contributed by atoms with van der Waals surface area (Å²) >= 11 is 6.01. The lowest BCUT2D eigenvalue weighted by molar-refractivity contribution is -0.123. The average Bonchev–Trinajstić information content (AvgIpc) is 2.98. The van der Waals surface area contributed by atoms with Gasteiger partial charge in [-0.1, -0.05) is 103 Å². The van der Waals surface area contributed by atoms with Crippen LogP contribution >= 0.6 is 11.6 Å². The topological polar surface area (TPSA) is 61.4 Å². The zero-order valence-corrected chi connectivity index (χ0v) is 23.6. The summed E-state index contributed by atoms with van der Waals surface area (Å²) < 4.78 is 0. The summed E-state index contributed by atoms with van der Waals surface area (Å²) in [4.78, 5) is 29.0. The summed E-state index contributed by atoms with van der Waals surface area (Å²) in [6.07, 6.45) is 2.01. The number of rotatable bonds is 13. The Labute approximate surface area is 242 Å². The van der Waals surface area contributed by atoms with E-state index in [9.17, 15) is 9.59 Å².